The molecule has 1 aliphatic heterocycles. The normalized spacial score (nSPS) is 29.1. The number of alkyl halides is 2. The van der Waals surface area contributed by atoms with Gasteiger partial charge in [0.25, 0.3) is 6.36 Å². The van der Waals surface area contributed by atoms with Crippen LogP contribution in [0.3, 0.4) is 0 Å². The highest BCUT2D eigenvalue weighted by Gasteiger charge is 2.50. The van der Waals surface area contributed by atoms with E-state index in [9.17, 15) is 8.78 Å². The number of benzene rings is 1. The molecule has 0 unspecified atom stereocenters. The van der Waals surface area contributed by atoms with Gasteiger partial charge in [0.1, 0.15) is 5.75 Å². The van der Waals surface area contributed by atoms with Gasteiger partial charge in [-0.1, -0.05) is 18.2 Å². The first kappa shape index (κ1) is 8.95. The lowest BCUT2D eigenvalue weighted by atomic mass is 9.94. The van der Waals surface area contributed by atoms with Crippen LogP contribution in [0, 0.1) is 11.3 Å². The summed E-state index contributed by atoms with van der Waals surface area (Å²) in [5.41, 5.74) is -2.19. The summed E-state index contributed by atoms with van der Waals surface area (Å²) in [5.74, 6) is 0.178. The molecule has 2 nitrogen and oxygen atoms in total. The van der Waals surface area contributed by atoms with Gasteiger partial charge in [0.2, 0.25) is 5.67 Å². The van der Waals surface area contributed by atoms with Crippen LogP contribution >= 0.6 is 0 Å². The average Bonchev–Trinajstić information content (AvgIpc) is 2.41. The Labute approximate surface area is 79.7 Å². The van der Waals surface area contributed by atoms with Crippen molar-refractivity contribution < 1.29 is 13.5 Å². The second-order valence-electron chi connectivity index (χ2n) is 3.13. The van der Waals surface area contributed by atoms with Crippen LogP contribution in [0.5, 0.6) is 5.75 Å². The monoisotopic (exact) mass is 195 g/mol. The van der Waals surface area contributed by atoms with Crippen LogP contribution in [0.15, 0.2) is 24.3 Å². The number of para-hydroxylation sites is 1. The van der Waals surface area contributed by atoms with Crippen molar-refractivity contribution >= 4 is 0 Å². The highest BCUT2D eigenvalue weighted by molar-refractivity contribution is 5.43. The van der Waals surface area contributed by atoms with E-state index in [2.05, 4.69) is 4.74 Å². The van der Waals surface area contributed by atoms with E-state index in [1.54, 1.807) is 18.2 Å². The number of hydrogen-bond acceptors (Lipinski definition) is 2. The molecule has 1 aliphatic rings. The number of halogens is 2. The Kier molecular flexibility index (Phi) is 1.88. The van der Waals surface area contributed by atoms with E-state index in [0.717, 1.165) is 0 Å². The van der Waals surface area contributed by atoms with Gasteiger partial charge in [0, 0.05) is 5.56 Å². The van der Waals surface area contributed by atoms with Crippen LogP contribution in [-0.2, 0) is 5.67 Å². The first-order valence-electron chi connectivity index (χ1n) is 4.14. The van der Waals surface area contributed by atoms with Crippen molar-refractivity contribution in [3.8, 4) is 11.8 Å². The van der Waals surface area contributed by atoms with Gasteiger partial charge >= 0.3 is 0 Å². The predicted molar refractivity (Wildman–Crippen MR) is 45.0 cm³/mol. The maximum atomic E-state index is 14.0. The minimum Gasteiger partial charge on any atom is -0.456 e. The highest BCUT2D eigenvalue weighted by atomic mass is 19.2. The minimum absolute atomic E-state index is 0.119. The molecule has 0 saturated carbocycles. The van der Waals surface area contributed by atoms with Crippen molar-refractivity contribution in [2.75, 3.05) is 0 Å². The van der Waals surface area contributed by atoms with E-state index in [-0.39, 0.29) is 11.3 Å². The number of ether oxygens (including phenoxy) is 1. The largest absolute Gasteiger partial charge is 0.456 e. The summed E-state index contributed by atoms with van der Waals surface area (Å²) in [6.07, 6.45) is -2.62. The molecule has 0 fully saturated rings. The van der Waals surface area contributed by atoms with E-state index < -0.39 is 18.4 Å². The Balaban J connectivity index is 2.50. The molecule has 0 aromatic heterocycles. The molecule has 1 aromatic rings. The zero-order valence-corrected chi connectivity index (χ0v) is 7.21. The first-order chi connectivity index (χ1) is 6.68. The summed E-state index contributed by atoms with van der Waals surface area (Å²) < 4.78 is 31.9. The number of nitrogens with zero attached hydrogens (tertiary/aromatic N) is 1. The standard InChI is InChI=1S/C10H7F2NO/c11-9-10(12,5-6-13)7-3-1-2-4-8(7)14-9/h1-4,9H,5H2/t9-,10+/m0/s1. The highest BCUT2D eigenvalue weighted by Crippen LogP contribution is 2.46. The number of hydrogen-bond donors (Lipinski definition) is 0. The fraction of sp³-hybridized carbons (Fsp3) is 0.300. The Morgan fingerprint density at radius 1 is 1.50 bits per heavy atom. The third-order valence-corrected chi connectivity index (χ3v) is 2.26. The molecular weight excluding hydrogens is 188 g/mol. The van der Waals surface area contributed by atoms with Gasteiger partial charge in [0.15, 0.2) is 0 Å². The fourth-order valence-electron chi connectivity index (χ4n) is 1.53. The van der Waals surface area contributed by atoms with E-state index >= 15 is 0 Å². The molecule has 2 atom stereocenters. The lowest BCUT2D eigenvalue weighted by Crippen LogP contribution is -2.29. The van der Waals surface area contributed by atoms with Crippen molar-refractivity contribution in [2.24, 2.45) is 0 Å². The first-order valence-corrected chi connectivity index (χ1v) is 4.14. The van der Waals surface area contributed by atoms with Crippen LogP contribution in [0.2, 0.25) is 0 Å². The SMILES string of the molecule is N#CC[C@@]1(F)c2ccccc2O[C@@H]1F. The van der Waals surface area contributed by atoms with Gasteiger partial charge < -0.3 is 4.74 Å². The van der Waals surface area contributed by atoms with Gasteiger partial charge in [-0.2, -0.15) is 9.65 Å². The molecule has 2 rings (SSSR count). The smallest absolute Gasteiger partial charge is 0.277 e. The fourth-order valence-corrected chi connectivity index (χ4v) is 1.53. The van der Waals surface area contributed by atoms with E-state index in [0.29, 0.717) is 0 Å². The molecule has 4 heteroatoms. The topological polar surface area (TPSA) is 33.0 Å². The van der Waals surface area contributed by atoms with Crippen molar-refractivity contribution in [1.82, 2.24) is 0 Å². The second-order valence-corrected chi connectivity index (χ2v) is 3.13. The van der Waals surface area contributed by atoms with Gasteiger partial charge in [-0.15, -0.1) is 0 Å². The third kappa shape index (κ3) is 1.06. The molecule has 0 amide bonds. The zero-order valence-electron chi connectivity index (χ0n) is 7.21. The average molecular weight is 195 g/mol. The Hall–Kier alpha value is -1.63. The molecule has 0 radical (unpaired) electrons. The van der Waals surface area contributed by atoms with Crippen molar-refractivity contribution in [1.29, 1.82) is 5.26 Å². The Morgan fingerprint density at radius 3 is 2.93 bits per heavy atom. The maximum absolute atomic E-state index is 14.0. The van der Waals surface area contributed by atoms with Crippen LogP contribution in [0.4, 0.5) is 8.78 Å². The van der Waals surface area contributed by atoms with Gasteiger partial charge in [-0.05, 0) is 6.07 Å². The van der Waals surface area contributed by atoms with Gasteiger partial charge in [-0.25, -0.2) is 4.39 Å². The number of rotatable bonds is 1. The summed E-state index contributed by atoms with van der Waals surface area (Å²) in [4.78, 5) is 0. The van der Waals surface area contributed by atoms with Crippen molar-refractivity contribution in [3.05, 3.63) is 29.8 Å². The second kappa shape index (κ2) is 2.95. The summed E-state index contributed by atoms with van der Waals surface area (Å²) >= 11 is 0. The molecular formula is C10H7F2NO. The van der Waals surface area contributed by atoms with Gasteiger partial charge in [-0.3, -0.25) is 0 Å². The Morgan fingerprint density at radius 2 is 2.21 bits per heavy atom. The van der Waals surface area contributed by atoms with Crippen LogP contribution in [0.1, 0.15) is 12.0 Å². The van der Waals surface area contributed by atoms with E-state index in [1.807, 2.05) is 0 Å². The van der Waals surface area contributed by atoms with Crippen LogP contribution in [-0.4, -0.2) is 6.36 Å². The molecule has 0 aliphatic carbocycles. The molecule has 72 valence electrons. The summed E-state index contributed by atoms with van der Waals surface area (Å²) in [6, 6.07) is 7.77. The molecule has 14 heavy (non-hydrogen) atoms. The number of fused-ring (bicyclic) bond motifs is 1. The molecule has 1 aromatic carbocycles. The summed E-state index contributed by atoms with van der Waals surface area (Å²) in [7, 11) is 0. The summed E-state index contributed by atoms with van der Waals surface area (Å²) in [5, 5.41) is 8.42. The number of nitriles is 1. The molecule has 1 heterocycles. The molecule has 0 spiro atoms. The van der Waals surface area contributed by atoms with E-state index in [4.69, 9.17) is 5.26 Å². The zero-order chi connectivity index (χ0) is 10.2. The minimum atomic E-state index is -2.31. The summed E-state index contributed by atoms with van der Waals surface area (Å²) in [6.45, 7) is 0. The van der Waals surface area contributed by atoms with E-state index in [1.165, 1.54) is 12.1 Å². The maximum Gasteiger partial charge on any atom is 0.277 e. The molecule has 0 saturated heterocycles. The quantitative estimate of drug-likeness (QED) is 0.689. The molecule has 0 bridgehead atoms. The Bertz CT molecular complexity index is 401. The molecule has 0 N–H and O–H groups in total. The third-order valence-electron chi connectivity index (χ3n) is 2.26. The van der Waals surface area contributed by atoms with Crippen molar-refractivity contribution in [2.45, 2.75) is 18.4 Å². The lowest BCUT2D eigenvalue weighted by molar-refractivity contribution is -0.0476. The van der Waals surface area contributed by atoms with Crippen molar-refractivity contribution in [3.63, 3.8) is 0 Å². The van der Waals surface area contributed by atoms with Gasteiger partial charge in [0.05, 0.1) is 12.5 Å². The lowest BCUT2D eigenvalue weighted by Gasteiger charge is -2.16. The predicted octanol–water partition coefficient (Wildman–Crippen LogP) is 2.45. The van der Waals surface area contributed by atoms with Crippen LogP contribution < -0.4 is 4.74 Å². The van der Waals surface area contributed by atoms with Crippen LogP contribution in [0.25, 0.3) is 0 Å².